The van der Waals surface area contributed by atoms with E-state index in [2.05, 4.69) is 0 Å². The molecule has 1 heterocycles. The molecule has 2 aromatic rings. The van der Waals surface area contributed by atoms with E-state index in [0.717, 1.165) is 0 Å². The predicted molar refractivity (Wildman–Crippen MR) is 73.1 cm³/mol. The molecule has 1 aliphatic rings. The summed E-state index contributed by atoms with van der Waals surface area (Å²) < 4.78 is 28.9. The van der Waals surface area contributed by atoms with Crippen LogP contribution < -0.4 is 9.47 Å². The van der Waals surface area contributed by atoms with Gasteiger partial charge in [0.25, 0.3) is 0 Å². The highest BCUT2D eigenvalue weighted by atomic mass is 35.5. The lowest BCUT2D eigenvalue weighted by atomic mass is 10.2. The number of benzene rings is 2. The maximum Gasteiger partial charge on any atom is 0.341 e. The van der Waals surface area contributed by atoms with Gasteiger partial charge in [-0.2, -0.15) is 0 Å². The smallest absolute Gasteiger partial charge is 0.341 e. The van der Waals surface area contributed by atoms with Crippen LogP contribution in [0.3, 0.4) is 0 Å². The minimum atomic E-state index is -0.734. The SMILES string of the molecule is O=C(OCc1cc(Cl)c2c(c1)OCO2)c1ccccc1F. The van der Waals surface area contributed by atoms with Crippen LogP contribution in [-0.2, 0) is 11.3 Å². The Morgan fingerprint density at radius 1 is 1.29 bits per heavy atom. The van der Waals surface area contributed by atoms with Gasteiger partial charge in [0.2, 0.25) is 6.79 Å². The molecule has 108 valence electrons. The minimum absolute atomic E-state index is 0.0382. The van der Waals surface area contributed by atoms with Crippen molar-refractivity contribution in [1.29, 1.82) is 0 Å². The molecular weight excluding hydrogens is 299 g/mol. The summed E-state index contributed by atoms with van der Waals surface area (Å²) in [6, 6.07) is 8.92. The van der Waals surface area contributed by atoms with Crippen LogP contribution in [0.1, 0.15) is 15.9 Å². The zero-order valence-electron chi connectivity index (χ0n) is 10.8. The molecule has 0 N–H and O–H groups in total. The van der Waals surface area contributed by atoms with Crippen LogP contribution in [0.2, 0.25) is 5.02 Å². The minimum Gasteiger partial charge on any atom is -0.457 e. The second-order valence-electron chi connectivity index (χ2n) is 4.37. The van der Waals surface area contributed by atoms with Gasteiger partial charge in [-0.1, -0.05) is 23.7 Å². The maximum absolute atomic E-state index is 13.5. The zero-order chi connectivity index (χ0) is 14.8. The first-order chi connectivity index (χ1) is 10.1. The molecule has 0 saturated heterocycles. The molecule has 0 radical (unpaired) electrons. The van der Waals surface area contributed by atoms with Crippen LogP contribution in [0.4, 0.5) is 4.39 Å². The van der Waals surface area contributed by atoms with E-state index in [9.17, 15) is 9.18 Å². The molecular formula is C15H10ClFO4. The lowest BCUT2D eigenvalue weighted by Crippen LogP contribution is -2.07. The summed E-state index contributed by atoms with van der Waals surface area (Å²) >= 11 is 6.03. The second kappa shape index (κ2) is 5.61. The van der Waals surface area contributed by atoms with Gasteiger partial charge in [0.05, 0.1) is 10.6 Å². The molecule has 0 bridgehead atoms. The molecule has 0 fully saturated rings. The van der Waals surface area contributed by atoms with Gasteiger partial charge in [-0.15, -0.1) is 0 Å². The zero-order valence-corrected chi connectivity index (χ0v) is 11.5. The van der Waals surface area contributed by atoms with E-state index in [4.69, 9.17) is 25.8 Å². The van der Waals surface area contributed by atoms with Crippen molar-refractivity contribution in [3.05, 3.63) is 58.4 Å². The van der Waals surface area contributed by atoms with Crippen molar-refractivity contribution in [3.8, 4) is 11.5 Å². The first-order valence-corrected chi connectivity index (χ1v) is 6.52. The van der Waals surface area contributed by atoms with E-state index < -0.39 is 11.8 Å². The van der Waals surface area contributed by atoms with E-state index in [-0.39, 0.29) is 19.0 Å². The first-order valence-electron chi connectivity index (χ1n) is 6.15. The number of fused-ring (bicyclic) bond motifs is 1. The van der Waals surface area contributed by atoms with Gasteiger partial charge in [-0.25, -0.2) is 9.18 Å². The van der Waals surface area contributed by atoms with Gasteiger partial charge in [0.15, 0.2) is 11.5 Å². The van der Waals surface area contributed by atoms with Crippen molar-refractivity contribution < 1.29 is 23.4 Å². The second-order valence-corrected chi connectivity index (χ2v) is 4.77. The highest BCUT2D eigenvalue weighted by Crippen LogP contribution is 2.39. The Kier molecular flexibility index (Phi) is 3.66. The number of hydrogen-bond donors (Lipinski definition) is 0. The molecule has 3 rings (SSSR count). The number of halogens is 2. The van der Waals surface area contributed by atoms with Gasteiger partial charge in [-0.3, -0.25) is 0 Å². The van der Waals surface area contributed by atoms with E-state index in [1.54, 1.807) is 18.2 Å². The summed E-state index contributed by atoms with van der Waals surface area (Å²) in [6.07, 6.45) is 0. The number of carbonyl (C=O) groups is 1. The van der Waals surface area contributed by atoms with Crippen molar-refractivity contribution >= 4 is 17.6 Å². The number of carbonyl (C=O) groups excluding carboxylic acids is 1. The number of rotatable bonds is 3. The van der Waals surface area contributed by atoms with Crippen molar-refractivity contribution in [2.24, 2.45) is 0 Å². The molecule has 0 saturated carbocycles. The fourth-order valence-corrected chi connectivity index (χ4v) is 2.25. The molecule has 0 amide bonds. The topological polar surface area (TPSA) is 44.8 Å². The Morgan fingerprint density at radius 2 is 2.10 bits per heavy atom. The third-order valence-corrected chi connectivity index (χ3v) is 3.23. The van der Waals surface area contributed by atoms with Gasteiger partial charge in [0.1, 0.15) is 12.4 Å². The van der Waals surface area contributed by atoms with Gasteiger partial charge in [-0.05, 0) is 29.8 Å². The van der Waals surface area contributed by atoms with Gasteiger partial charge < -0.3 is 14.2 Å². The molecule has 0 aromatic heterocycles. The largest absolute Gasteiger partial charge is 0.457 e. The van der Waals surface area contributed by atoms with Crippen LogP contribution in [0.5, 0.6) is 11.5 Å². The molecule has 1 aliphatic heterocycles. The third-order valence-electron chi connectivity index (χ3n) is 2.95. The lowest BCUT2D eigenvalue weighted by molar-refractivity contribution is 0.0467. The summed E-state index contributed by atoms with van der Waals surface area (Å²) in [5.74, 6) is -0.381. The van der Waals surface area contributed by atoms with Crippen LogP contribution in [0.25, 0.3) is 0 Å². The summed E-state index contributed by atoms with van der Waals surface area (Å²) in [5.41, 5.74) is 0.526. The Balaban J connectivity index is 1.72. The third kappa shape index (κ3) is 2.78. The average Bonchev–Trinajstić information content (AvgIpc) is 2.94. The van der Waals surface area contributed by atoms with Gasteiger partial charge >= 0.3 is 5.97 Å². The molecule has 6 heteroatoms. The molecule has 21 heavy (non-hydrogen) atoms. The number of esters is 1. The fraction of sp³-hybridized carbons (Fsp3) is 0.133. The van der Waals surface area contributed by atoms with Crippen molar-refractivity contribution in [3.63, 3.8) is 0 Å². The number of hydrogen-bond acceptors (Lipinski definition) is 4. The summed E-state index contributed by atoms with van der Waals surface area (Å²) in [5, 5.41) is 0.377. The number of ether oxygens (including phenoxy) is 3. The summed E-state index contributed by atoms with van der Waals surface area (Å²) in [7, 11) is 0. The molecule has 0 aliphatic carbocycles. The van der Waals surface area contributed by atoms with Crippen molar-refractivity contribution in [2.75, 3.05) is 6.79 Å². The molecule has 2 aromatic carbocycles. The Morgan fingerprint density at radius 3 is 2.90 bits per heavy atom. The quantitative estimate of drug-likeness (QED) is 0.813. The van der Waals surface area contributed by atoms with Crippen LogP contribution in [0.15, 0.2) is 36.4 Å². The molecule has 0 unspecified atom stereocenters. The van der Waals surface area contributed by atoms with E-state index in [0.29, 0.717) is 22.1 Å². The molecule has 0 spiro atoms. The normalized spacial score (nSPS) is 12.3. The summed E-state index contributed by atoms with van der Waals surface area (Å²) in [4.78, 5) is 11.8. The van der Waals surface area contributed by atoms with E-state index in [1.807, 2.05) is 0 Å². The highest BCUT2D eigenvalue weighted by Gasteiger charge is 2.19. The first kappa shape index (κ1) is 13.7. The van der Waals surface area contributed by atoms with Crippen LogP contribution in [0, 0.1) is 5.82 Å². The monoisotopic (exact) mass is 308 g/mol. The Bertz CT molecular complexity index is 702. The van der Waals surface area contributed by atoms with Crippen molar-refractivity contribution in [2.45, 2.75) is 6.61 Å². The van der Waals surface area contributed by atoms with Gasteiger partial charge in [0, 0.05) is 0 Å². The lowest BCUT2D eigenvalue weighted by Gasteiger charge is -2.07. The van der Waals surface area contributed by atoms with Crippen LogP contribution in [-0.4, -0.2) is 12.8 Å². The maximum atomic E-state index is 13.5. The standard InChI is InChI=1S/C15H10ClFO4/c16-11-5-9(6-13-14(11)21-8-20-13)7-19-15(18)10-3-1-2-4-12(10)17/h1-6H,7-8H2. The van der Waals surface area contributed by atoms with Crippen LogP contribution >= 0.6 is 11.6 Å². The van der Waals surface area contributed by atoms with Crippen molar-refractivity contribution in [1.82, 2.24) is 0 Å². The molecule has 4 nitrogen and oxygen atoms in total. The van der Waals surface area contributed by atoms with E-state index in [1.165, 1.54) is 18.2 Å². The molecule has 0 atom stereocenters. The fourth-order valence-electron chi connectivity index (χ4n) is 1.96. The average molecular weight is 309 g/mol. The predicted octanol–water partition coefficient (Wildman–Crippen LogP) is 3.56. The highest BCUT2D eigenvalue weighted by molar-refractivity contribution is 6.32. The Hall–Kier alpha value is -2.27. The summed E-state index contributed by atoms with van der Waals surface area (Å²) in [6.45, 7) is 0.0665. The van der Waals surface area contributed by atoms with E-state index >= 15 is 0 Å². The Labute approximate surface area is 125 Å².